The number of nitrogens with zero attached hydrogens (tertiary/aromatic N) is 5. The molecule has 2 N–H and O–H groups in total. The second-order valence-electron chi connectivity index (χ2n) is 6.63. The maximum Gasteiger partial charge on any atom is 0.273 e. The average molecular weight is 403 g/mol. The molecule has 4 rings (SSSR count). The van der Waals surface area contributed by atoms with Crippen LogP contribution in [0.5, 0.6) is 5.75 Å². The number of anilines is 1. The molecule has 10 nitrogen and oxygen atoms in total. The van der Waals surface area contributed by atoms with E-state index >= 15 is 0 Å². The van der Waals surface area contributed by atoms with Gasteiger partial charge in [0, 0.05) is 18.2 Å². The van der Waals surface area contributed by atoms with Crippen LogP contribution >= 0.6 is 0 Å². The number of hydrogen-bond donors (Lipinski definition) is 2. The summed E-state index contributed by atoms with van der Waals surface area (Å²) >= 11 is 0. The van der Waals surface area contributed by atoms with Crippen molar-refractivity contribution in [1.29, 1.82) is 5.26 Å². The molecule has 0 saturated heterocycles. The fourth-order valence-corrected chi connectivity index (χ4v) is 3.19. The number of rotatable bonds is 4. The molecule has 0 spiro atoms. The Bertz CT molecular complexity index is 1250. The maximum atomic E-state index is 12.6. The van der Waals surface area contributed by atoms with Crippen molar-refractivity contribution < 1.29 is 14.3 Å². The summed E-state index contributed by atoms with van der Waals surface area (Å²) in [5, 5.41) is 21.1. The van der Waals surface area contributed by atoms with Gasteiger partial charge in [-0.3, -0.25) is 9.59 Å². The molecule has 0 unspecified atom stereocenters. The fourth-order valence-electron chi connectivity index (χ4n) is 3.19. The van der Waals surface area contributed by atoms with E-state index in [9.17, 15) is 14.9 Å². The Balaban J connectivity index is 1.78. The smallest absolute Gasteiger partial charge is 0.273 e. The normalized spacial score (nSPS) is 13.4. The highest BCUT2D eigenvalue weighted by Gasteiger charge is 2.22. The van der Waals surface area contributed by atoms with Crippen molar-refractivity contribution in [3.8, 4) is 17.6 Å². The van der Waals surface area contributed by atoms with Gasteiger partial charge in [-0.05, 0) is 24.6 Å². The highest BCUT2D eigenvalue weighted by Crippen LogP contribution is 2.29. The van der Waals surface area contributed by atoms with Gasteiger partial charge in [0.05, 0.1) is 13.3 Å². The van der Waals surface area contributed by atoms with Crippen molar-refractivity contribution in [1.82, 2.24) is 20.2 Å². The van der Waals surface area contributed by atoms with E-state index in [-0.39, 0.29) is 35.8 Å². The highest BCUT2D eigenvalue weighted by molar-refractivity contribution is 6.43. The number of carbonyl (C=O) groups excluding carboxylic acids is 2. The molecule has 1 aromatic carbocycles. The van der Waals surface area contributed by atoms with E-state index in [0.29, 0.717) is 17.1 Å². The summed E-state index contributed by atoms with van der Waals surface area (Å²) in [6.07, 6.45) is 1.73. The van der Waals surface area contributed by atoms with E-state index in [1.54, 1.807) is 13.2 Å². The minimum Gasteiger partial charge on any atom is -0.494 e. The lowest BCUT2D eigenvalue weighted by molar-refractivity contribution is -0.121. The molecule has 0 saturated carbocycles. The van der Waals surface area contributed by atoms with Gasteiger partial charge in [-0.1, -0.05) is 12.1 Å². The Morgan fingerprint density at radius 3 is 2.90 bits per heavy atom. The van der Waals surface area contributed by atoms with Crippen LogP contribution in [-0.2, 0) is 9.59 Å². The molecule has 0 bridgehead atoms. The zero-order valence-electron chi connectivity index (χ0n) is 16.3. The van der Waals surface area contributed by atoms with Gasteiger partial charge >= 0.3 is 0 Å². The van der Waals surface area contributed by atoms with Gasteiger partial charge in [-0.2, -0.15) is 20.1 Å². The minimum atomic E-state index is -0.525. The zero-order chi connectivity index (χ0) is 21.3. The summed E-state index contributed by atoms with van der Waals surface area (Å²) in [5.74, 6) is 0.411. The van der Waals surface area contributed by atoms with Crippen LogP contribution in [0.3, 0.4) is 0 Å². The first-order chi connectivity index (χ1) is 14.5. The third kappa shape index (κ3) is 3.33. The molecule has 150 valence electrons. The first kappa shape index (κ1) is 19.1. The van der Waals surface area contributed by atoms with Gasteiger partial charge < -0.3 is 10.1 Å². The number of hydrazone groups is 1. The van der Waals surface area contributed by atoms with Crippen molar-refractivity contribution in [3.63, 3.8) is 0 Å². The highest BCUT2D eigenvalue weighted by atomic mass is 16.5. The average Bonchev–Trinajstić information content (AvgIpc) is 3.16. The van der Waals surface area contributed by atoms with Crippen molar-refractivity contribution in [2.24, 2.45) is 5.10 Å². The maximum absolute atomic E-state index is 12.6. The standard InChI is InChI=1S/C20H17N7O3/c1-11-8-16(23-18-13(11)4-3-5-15(18)30-2)27-19(12(9-21)10-22-27)24-20(29)14-6-7-17(28)26-25-14/h3-5,8,10H,6-7H2,1-2H3,(H,24,29)(H,26,28). The van der Waals surface area contributed by atoms with Crippen molar-refractivity contribution in [2.75, 3.05) is 12.4 Å². The van der Waals surface area contributed by atoms with Crippen LogP contribution in [0, 0.1) is 18.3 Å². The van der Waals surface area contributed by atoms with Gasteiger partial charge in [0.25, 0.3) is 5.91 Å². The molecule has 2 aromatic heterocycles. The first-order valence-electron chi connectivity index (χ1n) is 9.11. The number of ether oxygens (including phenoxy) is 1. The van der Waals surface area contributed by atoms with Crippen LogP contribution < -0.4 is 15.5 Å². The van der Waals surface area contributed by atoms with E-state index in [1.807, 2.05) is 31.2 Å². The predicted octanol–water partition coefficient (Wildman–Crippen LogP) is 1.81. The molecule has 2 amide bonds. The number of para-hydroxylation sites is 1. The lowest BCUT2D eigenvalue weighted by atomic mass is 10.1. The number of aryl methyl sites for hydroxylation is 1. The quantitative estimate of drug-likeness (QED) is 0.682. The van der Waals surface area contributed by atoms with Gasteiger partial charge in [0.2, 0.25) is 5.91 Å². The Kier molecular flexibility index (Phi) is 4.85. The van der Waals surface area contributed by atoms with Gasteiger partial charge in [0.15, 0.2) is 11.6 Å². The number of benzene rings is 1. The lowest BCUT2D eigenvalue weighted by Crippen LogP contribution is -2.33. The van der Waals surface area contributed by atoms with Crippen LogP contribution in [0.2, 0.25) is 0 Å². The topological polar surface area (TPSA) is 134 Å². The molecule has 0 radical (unpaired) electrons. The molecule has 3 aromatic rings. The van der Waals surface area contributed by atoms with E-state index in [0.717, 1.165) is 10.9 Å². The van der Waals surface area contributed by atoms with Crippen LogP contribution in [-0.4, -0.2) is 39.4 Å². The Labute approximate surface area is 171 Å². The Morgan fingerprint density at radius 1 is 1.37 bits per heavy atom. The summed E-state index contributed by atoms with van der Waals surface area (Å²) < 4.78 is 6.80. The number of methoxy groups -OCH3 is 1. The van der Waals surface area contributed by atoms with Gasteiger partial charge in [-0.25, -0.2) is 10.4 Å². The molecule has 3 heterocycles. The Morgan fingerprint density at radius 2 is 2.20 bits per heavy atom. The predicted molar refractivity (Wildman–Crippen MR) is 108 cm³/mol. The molecule has 10 heteroatoms. The van der Waals surface area contributed by atoms with Crippen molar-refractivity contribution >= 4 is 34.2 Å². The van der Waals surface area contributed by atoms with Crippen LogP contribution in [0.25, 0.3) is 16.7 Å². The number of amides is 2. The van der Waals surface area contributed by atoms with Gasteiger partial charge in [-0.15, -0.1) is 0 Å². The SMILES string of the molecule is COc1cccc2c(C)cc(-n3ncc(C#N)c3NC(=O)C3=NNC(=O)CC3)nc12. The summed E-state index contributed by atoms with van der Waals surface area (Å²) in [4.78, 5) is 28.5. The summed E-state index contributed by atoms with van der Waals surface area (Å²) in [6.45, 7) is 1.93. The molecule has 0 fully saturated rings. The van der Waals surface area contributed by atoms with E-state index in [4.69, 9.17) is 4.74 Å². The summed E-state index contributed by atoms with van der Waals surface area (Å²) in [6, 6.07) is 9.45. The largest absolute Gasteiger partial charge is 0.494 e. The van der Waals surface area contributed by atoms with Crippen LogP contribution in [0.15, 0.2) is 35.6 Å². The number of nitrogens with one attached hydrogen (secondary N) is 2. The third-order valence-electron chi connectivity index (χ3n) is 4.72. The fraction of sp³-hybridized carbons (Fsp3) is 0.200. The molecule has 30 heavy (non-hydrogen) atoms. The molecule has 1 aliphatic rings. The molecule has 1 aliphatic heterocycles. The molecule has 0 atom stereocenters. The number of pyridine rings is 1. The number of fused-ring (bicyclic) bond motifs is 1. The summed E-state index contributed by atoms with van der Waals surface area (Å²) in [5.41, 5.74) is 4.18. The number of carbonyl (C=O) groups is 2. The minimum absolute atomic E-state index is 0.163. The Hall–Kier alpha value is -4.26. The summed E-state index contributed by atoms with van der Waals surface area (Å²) in [7, 11) is 1.56. The molecular weight excluding hydrogens is 386 g/mol. The number of aromatic nitrogens is 3. The lowest BCUT2D eigenvalue weighted by Gasteiger charge is -2.14. The molecular formula is C20H17N7O3. The van der Waals surface area contributed by atoms with Crippen LogP contribution in [0.1, 0.15) is 24.0 Å². The zero-order valence-corrected chi connectivity index (χ0v) is 16.3. The first-order valence-corrected chi connectivity index (χ1v) is 9.11. The monoisotopic (exact) mass is 403 g/mol. The van der Waals surface area contributed by atoms with Crippen LogP contribution in [0.4, 0.5) is 5.82 Å². The second kappa shape index (κ2) is 7.63. The van der Waals surface area contributed by atoms with E-state index < -0.39 is 5.91 Å². The van der Waals surface area contributed by atoms with Crippen molar-refractivity contribution in [3.05, 3.63) is 41.6 Å². The third-order valence-corrected chi connectivity index (χ3v) is 4.72. The number of hydrogen-bond acceptors (Lipinski definition) is 7. The van der Waals surface area contributed by atoms with Crippen molar-refractivity contribution in [2.45, 2.75) is 19.8 Å². The second-order valence-corrected chi connectivity index (χ2v) is 6.63. The van der Waals surface area contributed by atoms with E-state index in [2.05, 4.69) is 25.9 Å². The van der Waals surface area contributed by atoms with Gasteiger partial charge in [0.1, 0.15) is 28.6 Å². The van der Waals surface area contributed by atoms with E-state index in [1.165, 1.54) is 10.9 Å². The molecule has 0 aliphatic carbocycles. The number of nitriles is 1.